The van der Waals surface area contributed by atoms with Crippen molar-refractivity contribution in [2.24, 2.45) is 0 Å². The normalized spacial score (nSPS) is 10.0. The number of hydrogen-bond acceptors (Lipinski definition) is 3. The molecule has 0 saturated carbocycles. The van der Waals surface area contributed by atoms with E-state index in [1.165, 1.54) is 0 Å². The van der Waals surface area contributed by atoms with E-state index in [9.17, 15) is 4.79 Å². The molecule has 0 aliphatic carbocycles. The zero-order valence-corrected chi connectivity index (χ0v) is 11.1. The van der Waals surface area contributed by atoms with E-state index in [-0.39, 0.29) is 5.91 Å². The van der Waals surface area contributed by atoms with E-state index >= 15 is 0 Å². The summed E-state index contributed by atoms with van der Waals surface area (Å²) in [5, 5.41) is 3.19. The Morgan fingerprint density at radius 3 is 2.47 bits per heavy atom. The van der Waals surface area contributed by atoms with Crippen molar-refractivity contribution in [2.45, 2.75) is 0 Å². The van der Waals surface area contributed by atoms with Crippen LogP contribution < -0.4 is 15.8 Å². The van der Waals surface area contributed by atoms with E-state index < -0.39 is 0 Å². The van der Waals surface area contributed by atoms with Crippen LogP contribution >= 0.6 is 11.6 Å². The summed E-state index contributed by atoms with van der Waals surface area (Å²) < 4.78 is 5.04. The van der Waals surface area contributed by atoms with Gasteiger partial charge in [-0.15, -0.1) is 0 Å². The SMILES string of the molecule is COc1ccc(NC(=O)c2cc(N)cc(Cl)c2)cc1. The molecule has 1 amide bonds. The lowest BCUT2D eigenvalue weighted by Crippen LogP contribution is -2.12. The number of anilines is 2. The van der Waals surface area contributed by atoms with Crippen LogP contribution in [-0.2, 0) is 0 Å². The van der Waals surface area contributed by atoms with E-state index in [1.54, 1.807) is 49.6 Å². The molecule has 0 unspecified atom stereocenters. The first-order valence-electron chi connectivity index (χ1n) is 5.60. The first-order valence-corrected chi connectivity index (χ1v) is 5.98. The molecule has 0 aromatic heterocycles. The van der Waals surface area contributed by atoms with E-state index in [2.05, 4.69) is 5.32 Å². The summed E-state index contributed by atoms with van der Waals surface area (Å²) in [5.41, 5.74) is 7.19. The molecule has 3 N–H and O–H groups in total. The van der Waals surface area contributed by atoms with Gasteiger partial charge in [0.05, 0.1) is 7.11 Å². The highest BCUT2D eigenvalue weighted by molar-refractivity contribution is 6.31. The Bertz CT molecular complexity index is 577. The van der Waals surface area contributed by atoms with E-state index in [4.69, 9.17) is 22.1 Å². The Morgan fingerprint density at radius 2 is 1.89 bits per heavy atom. The standard InChI is InChI=1S/C14H13ClN2O2/c1-19-13-4-2-12(3-5-13)17-14(18)9-6-10(15)8-11(16)7-9/h2-8H,16H2,1H3,(H,17,18). The van der Waals surface area contributed by atoms with E-state index in [1.807, 2.05) is 0 Å². The van der Waals surface area contributed by atoms with Gasteiger partial charge in [0.1, 0.15) is 5.75 Å². The highest BCUT2D eigenvalue weighted by atomic mass is 35.5. The highest BCUT2D eigenvalue weighted by Crippen LogP contribution is 2.19. The van der Waals surface area contributed by atoms with Crippen molar-refractivity contribution in [3.05, 3.63) is 53.1 Å². The molecule has 2 rings (SSSR count). The number of amides is 1. The van der Waals surface area contributed by atoms with Gasteiger partial charge in [-0.2, -0.15) is 0 Å². The molecule has 2 aromatic rings. The molecule has 0 saturated heterocycles. The molecule has 0 spiro atoms. The number of carbonyl (C=O) groups is 1. The molecule has 19 heavy (non-hydrogen) atoms. The number of nitrogens with two attached hydrogens (primary N) is 1. The second-order valence-corrected chi connectivity index (χ2v) is 4.39. The maximum Gasteiger partial charge on any atom is 0.255 e. The summed E-state index contributed by atoms with van der Waals surface area (Å²) >= 11 is 5.86. The Kier molecular flexibility index (Phi) is 3.92. The Hall–Kier alpha value is -2.20. The Labute approximate surface area is 116 Å². The number of benzene rings is 2. The topological polar surface area (TPSA) is 64.3 Å². The van der Waals surface area contributed by atoms with Gasteiger partial charge >= 0.3 is 0 Å². The van der Waals surface area contributed by atoms with Gasteiger partial charge < -0.3 is 15.8 Å². The molecule has 0 atom stereocenters. The van der Waals surface area contributed by atoms with Crippen LogP contribution in [0, 0.1) is 0 Å². The molecule has 5 heteroatoms. The van der Waals surface area contributed by atoms with Crippen LogP contribution in [0.4, 0.5) is 11.4 Å². The minimum atomic E-state index is -0.264. The Balaban J connectivity index is 2.15. The van der Waals surface area contributed by atoms with Gasteiger partial charge in [0.15, 0.2) is 0 Å². The number of rotatable bonds is 3. The lowest BCUT2D eigenvalue weighted by molar-refractivity contribution is 0.102. The number of methoxy groups -OCH3 is 1. The van der Waals surface area contributed by atoms with Gasteiger partial charge in [0.25, 0.3) is 5.91 Å². The van der Waals surface area contributed by atoms with Crippen molar-refractivity contribution < 1.29 is 9.53 Å². The number of halogens is 1. The number of ether oxygens (including phenoxy) is 1. The van der Waals surface area contributed by atoms with Crippen LogP contribution in [-0.4, -0.2) is 13.0 Å². The first kappa shape index (κ1) is 13.2. The summed E-state index contributed by atoms with van der Waals surface area (Å²) in [6.45, 7) is 0. The van der Waals surface area contributed by atoms with Gasteiger partial charge in [0.2, 0.25) is 0 Å². The van der Waals surface area contributed by atoms with Crippen molar-refractivity contribution in [2.75, 3.05) is 18.2 Å². The van der Waals surface area contributed by atoms with E-state index in [0.717, 1.165) is 5.75 Å². The monoisotopic (exact) mass is 276 g/mol. The molecule has 2 aromatic carbocycles. The molecule has 98 valence electrons. The van der Waals surface area contributed by atoms with Crippen molar-refractivity contribution >= 4 is 28.9 Å². The van der Waals surface area contributed by atoms with Crippen molar-refractivity contribution in [3.63, 3.8) is 0 Å². The fraction of sp³-hybridized carbons (Fsp3) is 0.0714. The average Bonchev–Trinajstić information content (AvgIpc) is 2.38. The highest BCUT2D eigenvalue weighted by Gasteiger charge is 2.08. The number of nitrogens with one attached hydrogen (secondary N) is 1. The van der Waals surface area contributed by atoms with Crippen LogP contribution in [0.25, 0.3) is 0 Å². The van der Waals surface area contributed by atoms with Crippen LogP contribution in [0.1, 0.15) is 10.4 Å². The lowest BCUT2D eigenvalue weighted by atomic mass is 10.2. The molecular weight excluding hydrogens is 264 g/mol. The second kappa shape index (κ2) is 5.63. The minimum Gasteiger partial charge on any atom is -0.497 e. The quantitative estimate of drug-likeness (QED) is 0.846. The molecule has 4 nitrogen and oxygen atoms in total. The predicted octanol–water partition coefficient (Wildman–Crippen LogP) is 3.18. The molecule has 0 aliphatic rings. The Morgan fingerprint density at radius 1 is 1.21 bits per heavy atom. The van der Waals surface area contributed by atoms with E-state index in [0.29, 0.717) is 22.0 Å². The molecule has 0 aliphatic heterocycles. The maximum absolute atomic E-state index is 12.0. The third-order valence-corrected chi connectivity index (χ3v) is 2.75. The van der Waals surface area contributed by atoms with Gasteiger partial charge in [-0.05, 0) is 42.5 Å². The zero-order valence-electron chi connectivity index (χ0n) is 10.3. The number of hydrogen-bond donors (Lipinski definition) is 2. The van der Waals surface area contributed by atoms with Crippen molar-refractivity contribution in [1.29, 1.82) is 0 Å². The fourth-order valence-corrected chi connectivity index (χ4v) is 1.86. The summed E-state index contributed by atoms with van der Waals surface area (Å²) in [4.78, 5) is 12.0. The summed E-state index contributed by atoms with van der Waals surface area (Å²) in [6, 6.07) is 11.8. The summed E-state index contributed by atoms with van der Waals surface area (Å²) in [6.07, 6.45) is 0. The third kappa shape index (κ3) is 3.39. The predicted molar refractivity (Wildman–Crippen MR) is 76.8 cm³/mol. The van der Waals surface area contributed by atoms with Gasteiger partial charge in [-0.1, -0.05) is 11.6 Å². The van der Waals surface area contributed by atoms with Crippen LogP contribution in [0.3, 0.4) is 0 Å². The van der Waals surface area contributed by atoms with Crippen LogP contribution in [0.15, 0.2) is 42.5 Å². The summed E-state index contributed by atoms with van der Waals surface area (Å²) in [5.74, 6) is 0.462. The lowest BCUT2D eigenvalue weighted by Gasteiger charge is -2.07. The minimum absolute atomic E-state index is 0.264. The van der Waals surface area contributed by atoms with Crippen molar-refractivity contribution in [3.8, 4) is 5.75 Å². The molecule has 0 radical (unpaired) electrons. The maximum atomic E-state index is 12.0. The average molecular weight is 277 g/mol. The number of nitrogen functional groups attached to an aromatic ring is 1. The second-order valence-electron chi connectivity index (χ2n) is 3.96. The number of carbonyl (C=O) groups excluding carboxylic acids is 1. The first-order chi connectivity index (χ1) is 9.08. The summed E-state index contributed by atoms with van der Waals surface area (Å²) in [7, 11) is 1.59. The van der Waals surface area contributed by atoms with Crippen LogP contribution in [0.5, 0.6) is 5.75 Å². The fourth-order valence-electron chi connectivity index (χ4n) is 1.62. The molecular formula is C14H13ClN2O2. The molecule has 0 fully saturated rings. The van der Waals surface area contributed by atoms with Crippen LogP contribution in [0.2, 0.25) is 5.02 Å². The smallest absolute Gasteiger partial charge is 0.255 e. The van der Waals surface area contributed by atoms with Gasteiger partial charge in [0, 0.05) is 22.0 Å². The molecule has 0 heterocycles. The van der Waals surface area contributed by atoms with Gasteiger partial charge in [-0.3, -0.25) is 4.79 Å². The molecule has 0 bridgehead atoms. The largest absolute Gasteiger partial charge is 0.497 e. The zero-order chi connectivity index (χ0) is 13.8. The third-order valence-electron chi connectivity index (χ3n) is 2.53. The van der Waals surface area contributed by atoms with Gasteiger partial charge in [-0.25, -0.2) is 0 Å². The van der Waals surface area contributed by atoms with Crippen molar-refractivity contribution in [1.82, 2.24) is 0 Å².